The van der Waals surface area contributed by atoms with Crippen molar-refractivity contribution in [2.24, 2.45) is 5.73 Å². The highest BCUT2D eigenvalue weighted by Gasteiger charge is 2.10. The first-order valence-electron chi connectivity index (χ1n) is 6.07. The van der Waals surface area contributed by atoms with Crippen molar-refractivity contribution in [2.75, 3.05) is 11.4 Å². The molecule has 2 aromatic carbocycles. The number of nitrogens with zero attached hydrogens (tertiary/aromatic N) is 1. The fourth-order valence-corrected chi connectivity index (χ4v) is 2.06. The van der Waals surface area contributed by atoms with Crippen LogP contribution in [0, 0.1) is 5.82 Å². The van der Waals surface area contributed by atoms with Crippen molar-refractivity contribution >= 4 is 11.4 Å². The van der Waals surface area contributed by atoms with E-state index in [1.54, 1.807) is 12.1 Å². The third-order valence-electron chi connectivity index (χ3n) is 2.96. The van der Waals surface area contributed by atoms with E-state index in [1.807, 2.05) is 24.3 Å². The minimum absolute atomic E-state index is 0.220. The molecule has 0 bridgehead atoms. The molecule has 2 aromatic rings. The molecule has 0 aliphatic rings. The zero-order valence-corrected chi connectivity index (χ0v) is 10.4. The standard InChI is InChI=1S/C15H17FN2/c1-2-18(14-9-7-13(16)8-10-14)15-6-4-3-5-12(15)11-17/h3-10H,2,11,17H2,1H3. The van der Waals surface area contributed by atoms with Gasteiger partial charge in [0.25, 0.3) is 0 Å². The number of para-hydroxylation sites is 1. The van der Waals surface area contributed by atoms with E-state index in [-0.39, 0.29) is 5.82 Å². The number of anilines is 2. The van der Waals surface area contributed by atoms with Gasteiger partial charge in [0, 0.05) is 24.5 Å². The van der Waals surface area contributed by atoms with Crippen molar-refractivity contribution in [3.8, 4) is 0 Å². The van der Waals surface area contributed by atoms with E-state index < -0.39 is 0 Å². The van der Waals surface area contributed by atoms with Gasteiger partial charge in [-0.2, -0.15) is 0 Å². The van der Waals surface area contributed by atoms with Gasteiger partial charge in [-0.15, -0.1) is 0 Å². The first-order valence-corrected chi connectivity index (χ1v) is 6.07. The molecule has 18 heavy (non-hydrogen) atoms. The molecular weight excluding hydrogens is 227 g/mol. The molecule has 0 saturated carbocycles. The smallest absolute Gasteiger partial charge is 0.123 e. The highest BCUT2D eigenvalue weighted by atomic mass is 19.1. The van der Waals surface area contributed by atoms with Crippen molar-refractivity contribution in [1.29, 1.82) is 0 Å². The summed E-state index contributed by atoms with van der Waals surface area (Å²) in [4.78, 5) is 2.13. The number of benzene rings is 2. The fraction of sp³-hybridized carbons (Fsp3) is 0.200. The highest BCUT2D eigenvalue weighted by molar-refractivity contribution is 5.66. The molecule has 2 N–H and O–H groups in total. The van der Waals surface area contributed by atoms with Gasteiger partial charge in [0.2, 0.25) is 0 Å². The summed E-state index contributed by atoms with van der Waals surface area (Å²) in [5, 5.41) is 0. The Morgan fingerprint density at radius 3 is 2.33 bits per heavy atom. The Kier molecular flexibility index (Phi) is 3.95. The van der Waals surface area contributed by atoms with Crippen molar-refractivity contribution in [3.63, 3.8) is 0 Å². The lowest BCUT2D eigenvalue weighted by molar-refractivity contribution is 0.628. The van der Waals surface area contributed by atoms with Gasteiger partial charge in [0.05, 0.1) is 0 Å². The lowest BCUT2D eigenvalue weighted by Gasteiger charge is -2.25. The van der Waals surface area contributed by atoms with Gasteiger partial charge in [-0.1, -0.05) is 18.2 Å². The van der Waals surface area contributed by atoms with E-state index in [0.29, 0.717) is 6.54 Å². The fourth-order valence-electron chi connectivity index (χ4n) is 2.06. The third kappa shape index (κ3) is 2.51. The molecule has 0 radical (unpaired) electrons. The molecule has 0 amide bonds. The van der Waals surface area contributed by atoms with E-state index in [9.17, 15) is 4.39 Å². The highest BCUT2D eigenvalue weighted by Crippen LogP contribution is 2.28. The van der Waals surface area contributed by atoms with Crippen LogP contribution < -0.4 is 10.6 Å². The van der Waals surface area contributed by atoms with Gasteiger partial charge in [-0.25, -0.2) is 4.39 Å². The van der Waals surface area contributed by atoms with Crippen LogP contribution >= 0.6 is 0 Å². The minimum atomic E-state index is -0.220. The zero-order valence-electron chi connectivity index (χ0n) is 10.4. The summed E-state index contributed by atoms with van der Waals surface area (Å²) in [7, 11) is 0. The molecule has 0 saturated heterocycles. The topological polar surface area (TPSA) is 29.3 Å². The lowest BCUT2D eigenvalue weighted by Crippen LogP contribution is -2.18. The number of hydrogen-bond acceptors (Lipinski definition) is 2. The Labute approximate surface area is 107 Å². The predicted octanol–water partition coefficient (Wildman–Crippen LogP) is 3.44. The lowest BCUT2D eigenvalue weighted by atomic mass is 10.1. The van der Waals surface area contributed by atoms with Crippen LogP contribution in [0.25, 0.3) is 0 Å². The van der Waals surface area contributed by atoms with Crippen molar-refractivity contribution in [3.05, 3.63) is 59.9 Å². The molecular formula is C15H17FN2. The van der Waals surface area contributed by atoms with Crippen LogP contribution in [0.5, 0.6) is 0 Å². The maximum atomic E-state index is 13.0. The predicted molar refractivity (Wildman–Crippen MR) is 73.4 cm³/mol. The Bertz CT molecular complexity index is 508. The van der Waals surface area contributed by atoms with Gasteiger partial charge in [0.15, 0.2) is 0 Å². The van der Waals surface area contributed by atoms with Gasteiger partial charge in [0.1, 0.15) is 5.82 Å². The largest absolute Gasteiger partial charge is 0.342 e. The van der Waals surface area contributed by atoms with Crippen LogP contribution in [-0.4, -0.2) is 6.54 Å². The third-order valence-corrected chi connectivity index (χ3v) is 2.96. The summed E-state index contributed by atoms with van der Waals surface area (Å²) < 4.78 is 13.0. The Morgan fingerprint density at radius 1 is 1.06 bits per heavy atom. The van der Waals surface area contributed by atoms with Gasteiger partial charge >= 0.3 is 0 Å². The Balaban J connectivity index is 2.41. The first-order chi connectivity index (χ1) is 8.76. The molecule has 0 aliphatic carbocycles. The van der Waals surface area contributed by atoms with Crippen molar-refractivity contribution in [2.45, 2.75) is 13.5 Å². The van der Waals surface area contributed by atoms with Crippen molar-refractivity contribution in [1.82, 2.24) is 0 Å². The quantitative estimate of drug-likeness (QED) is 0.892. The zero-order chi connectivity index (χ0) is 13.0. The van der Waals surface area contributed by atoms with Gasteiger partial charge in [-0.05, 0) is 42.8 Å². The summed E-state index contributed by atoms with van der Waals surface area (Å²) >= 11 is 0. The summed E-state index contributed by atoms with van der Waals surface area (Å²) in [6.07, 6.45) is 0. The molecule has 0 unspecified atom stereocenters. The maximum Gasteiger partial charge on any atom is 0.123 e. The number of halogens is 1. The SMILES string of the molecule is CCN(c1ccc(F)cc1)c1ccccc1CN. The van der Waals surface area contributed by atoms with Gasteiger partial charge < -0.3 is 10.6 Å². The van der Waals surface area contributed by atoms with E-state index >= 15 is 0 Å². The molecule has 0 atom stereocenters. The first kappa shape index (κ1) is 12.6. The normalized spacial score (nSPS) is 10.4. The van der Waals surface area contributed by atoms with Crippen LogP contribution in [0.2, 0.25) is 0 Å². The molecule has 0 aromatic heterocycles. The van der Waals surface area contributed by atoms with Crippen molar-refractivity contribution < 1.29 is 4.39 Å². The number of nitrogens with two attached hydrogens (primary N) is 1. The monoisotopic (exact) mass is 244 g/mol. The molecule has 0 fully saturated rings. The molecule has 0 heterocycles. The summed E-state index contributed by atoms with van der Waals surface area (Å²) in [6.45, 7) is 3.37. The Morgan fingerprint density at radius 2 is 1.72 bits per heavy atom. The second kappa shape index (κ2) is 5.65. The second-order valence-corrected chi connectivity index (χ2v) is 4.05. The molecule has 94 valence electrons. The second-order valence-electron chi connectivity index (χ2n) is 4.05. The maximum absolute atomic E-state index is 13.0. The van der Waals surface area contributed by atoms with Crippen LogP contribution in [0.4, 0.5) is 15.8 Å². The van der Waals surface area contributed by atoms with Crippen LogP contribution in [0.3, 0.4) is 0 Å². The van der Waals surface area contributed by atoms with Crippen LogP contribution in [0.15, 0.2) is 48.5 Å². The van der Waals surface area contributed by atoms with E-state index in [2.05, 4.69) is 11.8 Å². The average molecular weight is 244 g/mol. The summed E-state index contributed by atoms with van der Waals surface area (Å²) in [5.74, 6) is -0.220. The van der Waals surface area contributed by atoms with E-state index in [4.69, 9.17) is 5.73 Å². The van der Waals surface area contributed by atoms with Gasteiger partial charge in [-0.3, -0.25) is 0 Å². The summed E-state index contributed by atoms with van der Waals surface area (Å²) in [6, 6.07) is 14.5. The Hall–Kier alpha value is -1.87. The molecule has 2 nitrogen and oxygen atoms in total. The number of rotatable bonds is 4. The van der Waals surface area contributed by atoms with E-state index in [0.717, 1.165) is 23.5 Å². The average Bonchev–Trinajstić information content (AvgIpc) is 2.42. The molecule has 0 spiro atoms. The molecule has 0 aliphatic heterocycles. The van der Waals surface area contributed by atoms with Crippen LogP contribution in [-0.2, 0) is 6.54 Å². The molecule has 2 rings (SSSR count). The molecule has 3 heteroatoms. The summed E-state index contributed by atoms with van der Waals surface area (Å²) in [5.41, 5.74) is 8.90. The minimum Gasteiger partial charge on any atom is -0.342 e. The number of hydrogen-bond donors (Lipinski definition) is 1. The van der Waals surface area contributed by atoms with E-state index in [1.165, 1.54) is 12.1 Å². The van der Waals surface area contributed by atoms with Crippen LogP contribution in [0.1, 0.15) is 12.5 Å².